The molecule has 0 aliphatic carbocycles. The van der Waals surface area contributed by atoms with Crippen LogP contribution in [0.2, 0.25) is 0 Å². The molecular formula is C15H14O2S2. The lowest BCUT2D eigenvalue weighted by molar-refractivity contribution is -0.131. The molecule has 2 nitrogen and oxygen atoms in total. The molecule has 0 saturated heterocycles. The van der Waals surface area contributed by atoms with E-state index in [2.05, 4.69) is 19.1 Å². The lowest BCUT2D eigenvalue weighted by Gasteiger charge is -2.04. The van der Waals surface area contributed by atoms with Crippen molar-refractivity contribution in [3.8, 4) is 0 Å². The number of aliphatic carboxylic acids is 1. The smallest absolute Gasteiger partial charge is 0.328 e. The van der Waals surface area contributed by atoms with E-state index in [-0.39, 0.29) is 0 Å². The van der Waals surface area contributed by atoms with Gasteiger partial charge in [-0.1, -0.05) is 18.2 Å². The van der Waals surface area contributed by atoms with E-state index in [0.717, 1.165) is 11.3 Å². The van der Waals surface area contributed by atoms with Crippen molar-refractivity contribution >= 4 is 35.1 Å². The lowest BCUT2D eigenvalue weighted by Crippen LogP contribution is -1.86. The molecule has 0 amide bonds. The molecule has 4 heteroatoms. The molecule has 0 saturated carbocycles. The molecule has 1 N–H and O–H groups in total. The molecule has 0 radical (unpaired) electrons. The minimum absolute atomic E-state index is 0.863. The van der Waals surface area contributed by atoms with E-state index in [1.54, 1.807) is 29.2 Å². The molecule has 1 aromatic heterocycles. The summed E-state index contributed by atoms with van der Waals surface area (Å²) in [5.74, 6) is -0.0503. The highest BCUT2D eigenvalue weighted by atomic mass is 32.2. The average molecular weight is 290 g/mol. The van der Waals surface area contributed by atoms with Crippen LogP contribution in [-0.4, -0.2) is 11.1 Å². The molecule has 0 bridgehead atoms. The van der Waals surface area contributed by atoms with Crippen molar-refractivity contribution < 1.29 is 9.90 Å². The first kappa shape index (κ1) is 13.9. The van der Waals surface area contributed by atoms with Gasteiger partial charge < -0.3 is 5.11 Å². The third-order valence-corrected chi connectivity index (χ3v) is 4.96. The van der Waals surface area contributed by atoms with Crippen molar-refractivity contribution in [2.24, 2.45) is 0 Å². The Labute approximate surface area is 120 Å². The minimum atomic E-state index is -0.913. The summed E-state index contributed by atoms with van der Waals surface area (Å²) in [5.41, 5.74) is 2.26. The summed E-state index contributed by atoms with van der Waals surface area (Å²) in [5, 5.41) is 10.7. The van der Waals surface area contributed by atoms with Crippen LogP contribution < -0.4 is 0 Å². The highest BCUT2D eigenvalue weighted by molar-refractivity contribution is 7.98. The molecule has 98 valence electrons. The zero-order valence-electron chi connectivity index (χ0n) is 10.5. The zero-order valence-corrected chi connectivity index (χ0v) is 12.1. The van der Waals surface area contributed by atoms with E-state index in [9.17, 15) is 4.79 Å². The second-order valence-electron chi connectivity index (χ2n) is 4.02. The van der Waals surface area contributed by atoms with Gasteiger partial charge in [-0.2, -0.15) is 0 Å². The second-order valence-corrected chi connectivity index (χ2v) is 6.04. The molecule has 0 atom stereocenters. The molecule has 0 fully saturated rings. The highest BCUT2D eigenvalue weighted by Crippen LogP contribution is 2.30. The number of carboxylic acid groups (broad SMARTS) is 1. The summed E-state index contributed by atoms with van der Waals surface area (Å²) in [6, 6.07) is 10.2. The Bertz CT molecular complexity index is 600. The standard InChI is InChI=1S/C15H14O2S2/c1-11-4-2-3-5-13(11)19-10-14-12(8-9-18-14)6-7-15(16)17/h2-9H,10H2,1H3,(H,16,17). The van der Waals surface area contributed by atoms with Crippen molar-refractivity contribution in [2.75, 3.05) is 0 Å². The first-order valence-corrected chi connectivity index (χ1v) is 7.69. The molecule has 1 aromatic carbocycles. The van der Waals surface area contributed by atoms with Crippen LogP contribution >= 0.6 is 23.1 Å². The Hall–Kier alpha value is -1.52. The number of rotatable bonds is 5. The number of carbonyl (C=O) groups is 1. The number of benzene rings is 1. The van der Waals surface area contributed by atoms with Gasteiger partial charge in [0.2, 0.25) is 0 Å². The third-order valence-electron chi connectivity index (χ3n) is 2.64. The van der Waals surface area contributed by atoms with Crippen LogP contribution in [0, 0.1) is 6.92 Å². The number of thiophene rings is 1. The van der Waals surface area contributed by atoms with Gasteiger partial charge in [-0.25, -0.2) is 4.79 Å². The first-order chi connectivity index (χ1) is 9.16. The molecule has 0 unspecified atom stereocenters. The fourth-order valence-electron chi connectivity index (χ4n) is 1.64. The monoisotopic (exact) mass is 290 g/mol. The van der Waals surface area contributed by atoms with E-state index >= 15 is 0 Å². The Kier molecular flexibility index (Phi) is 4.82. The van der Waals surface area contributed by atoms with Gasteiger partial charge in [0.1, 0.15) is 0 Å². The molecule has 0 aliphatic rings. The number of aryl methyl sites for hydroxylation is 1. The number of thioether (sulfide) groups is 1. The molecule has 1 heterocycles. The van der Waals surface area contributed by atoms with Gasteiger partial charge >= 0.3 is 5.97 Å². The topological polar surface area (TPSA) is 37.3 Å². The van der Waals surface area contributed by atoms with Gasteiger partial charge in [0.05, 0.1) is 0 Å². The van der Waals surface area contributed by atoms with Crippen molar-refractivity contribution in [3.05, 3.63) is 57.8 Å². The molecule has 2 aromatic rings. The summed E-state index contributed by atoms with van der Waals surface area (Å²) in [4.78, 5) is 13.0. The maximum Gasteiger partial charge on any atom is 0.328 e. The van der Waals surface area contributed by atoms with Crippen molar-refractivity contribution in [2.45, 2.75) is 17.6 Å². The average Bonchev–Trinajstić information content (AvgIpc) is 2.83. The van der Waals surface area contributed by atoms with Crippen LogP contribution in [0.25, 0.3) is 6.08 Å². The maximum absolute atomic E-state index is 10.5. The molecular weight excluding hydrogens is 276 g/mol. The van der Waals surface area contributed by atoms with Crippen LogP contribution in [0.4, 0.5) is 0 Å². The summed E-state index contributed by atoms with van der Waals surface area (Å²) in [7, 11) is 0. The van der Waals surface area contributed by atoms with Crippen LogP contribution in [0.3, 0.4) is 0 Å². The van der Waals surface area contributed by atoms with Crippen LogP contribution in [0.5, 0.6) is 0 Å². The molecule has 0 aliphatic heterocycles. The zero-order chi connectivity index (χ0) is 13.7. The predicted molar refractivity (Wildman–Crippen MR) is 81.7 cm³/mol. The molecule has 2 rings (SSSR count). The van der Waals surface area contributed by atoms with Crippen molar-refractivity contribution in [3.63, 3.8) is 0 Å². The normalized spacial score (nSPS) is 11.0. The third kappa shape index (κ3) is 3.98. The van der Waals surface area contributed by atoms with Crippen LogP contribution in [0.15, 0.2) is 46.7 Å². The fourth-order valence-corrected chi connectivity index (χ4v) is 3.66. The summed E-state index contributed by atoms with van der Waals surface area (Å²) in [6.45, 7) is 2.10. The number of carboxylic acids is 1. The number of hydrogen-bond acceptors (Lipinski definition) is 3. The van der Waals surface area contributed by atoms with Crippen LogP contribution in [-0.2, 0) is 10.5 Å². The Morgan fingerprint density at radius 1 is 1.37 bits per heavy atom. The van der Waals surface area contributed by atoms with Gasteiger partial charge in [0.15, 0.2) is 0 Å². The second kappa shape index (κ2) is 6.59. The van der Waals surface area contributed by atoms with Gasteiger partial charge in [-0.05, 0) is 41.6 Å². The maximum atomic E-state index is 10.5. The Morgan fingerprint density at radius 2 is 2.16 bits per heavy atom. The van der Waals surface area contributed by atoms with E-state index in [1.165, 1.54) is 21.4 Å². The molecule has 0 spiro atoms. The van der Waals surface area contributed by atoms with Crippen molar-refractivity contribution in [1.82, 2.24) is 0 Å². The van der Waals surface area contributed by atoms with Crippen molar-refractivity contribution in [1.29, 1.82) is 0 Å². The van der Waals surface area contributed by atoms with Crippen LogP contribution in [0.1, 0.15) is 16.0 Å². The summed E-state index contributed by atoms with van der Waals surface area (Å²) in [6.07, 6.45) is 2.84. The summed E-state index contributed by atoms with van der Waals surface area (Å²) < 4.78 is 0. The largest absolute Gasteiger partial charge is 0.478 e. The Balaban J connectivity index is 2.06. The van der Waals surface area contributed by atoms with E-state index in [0.29, 0.717) is 0 Å². The van der Waals surface area contributed by atoms with E-state index < -0.39 is 5.97 Å². The van der Waals surface area contributed by atoms with Gasteiger partial charge in [-0.15, -0.1) is 23.1 Å². The molecule has 19 heavy (non-hydrogen) atoms. The van der Waals surface area contributed by atoms with Gasteiger partial charge in [0.25, 0.3) is 0 Å². The summed E-state index contributed by atoms with van der Waals surface area (Å²) >= 11 is 3.44. The minimum Gasteiger partial charge on any atom is -0.478 e. The SMILES string of the molecule is Cc1ccccc1SCc1sccc1C=CC(=O)O. The highest BCUT2D eigenvalue weighted by Gasteiger charge is 2.04. The van der Waals surface area contributed by atoms with Gasteiger partial charge in [0, 0.05) is 21.6 Å². The number of hydrogen-bond donors (Lipinski definition) is 1. The van der Waals surface area contributed by atoms with Gasteiger partial charge in [-0.3, -0.25) is 0 Å². The lowest BCUT2D eigenvalue weighted by atomic mass is 10.2. The predicted octanol–water partition coefficient (Wildman–Crippen LogP) is 4.45. The van der Waals surface area contributed by atoms with E-state index in [1.807, 2.05) is 23.6 Å². The first-order valence-electron chi connectivity index (χ1n) is 5.82. The fraction of sp³-hybridized carbons (Fsp3) is 0.133. The van der Waals surface area contributed by atoms with E-state index in [4.69, 9.17) is 5.11 Å². The quantitative estimate of drug-likeness (QED) is 0.653. The Morgan fingerprint density at radius 3 is 2.89 bits per heavy atom.